The summed E-state index contributed by atoms with van der Waals surface area (Å²) in [7, 11) is 1.45. The summed E-state index contributed by atoms with van der Waals surface area (Å²) in [5.74, 6) is -2.27. The fraction of sp³-hybridized carbons (Fsp3) is 0.500. The van der Waals surface area contributed by atoms with Crippen LogP contribution in [0.2, 0.25) is 0 Å². The first-order chi connectivity index (χ1) is 11.1. The molecule has 1 aromatic rings. The van der Waals surface area contributed by atoms with Gasteiger partial charge >= 0.3 is 12.1 Å². The second-order valence-corrected chi connectivity index (χ2v) is 6.13. The van der Waals surface area contributed by atoms with Crippen molar-refractivity contribution >= 4 is 17.8 Å². The Labute approximate surface area is 140 Å². The molecule has 0 saturated carbocycles. The smallest absolute Gasteiger partial charge is 0.407 e. The summed E-state index contributed by atoms with van der Waals surface area (Å²) in [5.41, 5.74) is -0.410. The highest BCUT2D eigenvalue weighted by Gasteiger charge is 2.24. The Morgan fingerprint density at radius 2 is 1.96 bits per heavy atom. The molecular weight excluding hydrogens is 316 g/mol. The van der Waals surface area contributed by atoms with Crippen molar-refractivity contribution in [2.75, 3.05) is 13.7 Å². The molecule has 0 radical (unpaired) electrons. The van der Waals surface area contributed by atoms with E-state index in [1.807, 2.05) is 0 Å². The Hall–Kier alpha value is -2.64. The van der Waals surface area contributed by atoms with Crippen molar-refractivity contribution in [3.63, 3.8) is 0 Å². The van der Waals surface area contributed by atoms with Crippen molar-refractivity contribution in [2.24, 2.45) is 5.92 Å². The Balaban J connectivity index is 2.63. The van der Waals surface area contributed by atoms with Crippen LogP contribution in [-0.4, -0.2) is 47.2 Å². The number of nitrogens with one attached hydrogen (secondary N) is 1. The molecule has 8 nitrogen and oxygen atoms in total. The number of pyridine rings is 1. The number of carboxylic acid groups (broad SMARTS) is 1. The molecule has 0 bridgehead atoms. The van der Waals surface area contributed by atoms with Gasteiger partial charge in [0.2, 0.25) is 5.88 Å². The van der Waals surface area contributed by atoms with Crippen LogP contribution in [0.5, 0.6) is 5.88 Å². The minimum Gasteiger partial charge on any atom is -0.481 e. The molecule has 0 aliphatic heterocycles. The molecule has 132 valence electrons. The molecule has 0 aliphatic rings. The number of carbonyl (C=O) groups is 3. The molecule has 1 rings (SSSR count). The van der Waals surface area contributed by atoms with Gasteiger partial charge < -0.3 is 19.9 Å². The van der Waals surface area contributed by atoms with Crippen LogP contribution in [0.25, 0.3) is 0 Å². The average Bonchev–Trinajstić information content (AvgIpc) is 2.49. The number of amides is 1. The number of carboxylic acids is 1. The first-order valence-electron chi connectivity index (χ1n) is 7.35. The number of aliphatic carboxylic acids is 1. The van der Waals surface area contributed by atoms with E-state index in [0.29, 0.717) is 5.88 Å². The largest absolute Gasteiger partial charge is 0.481 e. The molecule has 1 aromatic heterocycles. The van der Waals surface area contributed by atoms with Crippen LogP contribution in [0, 0.1) is 5.92 Å². The summed E-state index contributed by atoms with van der Waals surface area (Å²) in [6, 6.07) is 3.02. The second-order valence-electron chi connectivity index (χ2n) is 6.13. The SMILES string of the molecule is COc1ccc(C(=O)CC(CNC(=O)OC(C)(C)C)C(=O)O)cn1. The van der Waals surface area contributed by atoms with Gasteiger partial charge in [-0.3, -0.25) is 9.59 Å². The van der Waals surface area contributed by atoms with Crippen LogP contribution in [0.15, 0.2) is 18.3 Å². The lowest BCUT2D eigenvalue weighted by Crippen LogP contribution is -2.37. The van der Waals surface area contributed by atoms with Crippen LogP contribution in [-0.2, 0) is 9.53 Å². The summed E-state index contributed by atoms with van der Waals surface area (Å²) in [6.45, 7) is 4.88. The maximum atomic E-state index is 12.1. The first kappa shape index (κ1) is 19.4. The molecule has 0 saturated heterocycles. The average molecular weight is 338 g/mol. The Kier molecular flexibility index (Phi) is 6.69. The van der Waals surface area contributed by atoms with E-state index in [4.69, 9.17) is 9.47 Å². The van der Waals surface area contributed by atoms with Crippen molar-refractivity contribution in [2.45, 2.75) is 32.8 Å². The number of hydrogen-bond acceptors (Lipinski definition) is 6. The lowest BCUT2D eigenvalue weighted by atomic mass is 9.99. The molecule has 0 aliphatic carbocycles. The van der Waals surface area contributed by atoms with Crippen LogP contribution in [0.1, 0.15) is 37.6 Å². The standard InChI is InChI=1S/C16H22N2O6/c1-16(2,3)24-15(22)18-9-11(14(20)21)7-12(19)10-5-6-13(23-4)17-8-10/h5-6,8,11H,7,9H2,1-4H3,(H,18,22)(H,20,21). The van der Waals surface area contributed by atoms with Gasteiger partial charge in [-0.15, -0.1) is 0 Å². The fourth-order valence-electron chi connectivity index (χ4n) is 1.78. The van der Waals surface area contributed by atoms with Gasteiger partial charge in [0.1, 0.15) is 5.60 Å². The number of Topliss-reactive ketones (excluding diaryl/α,β-unsaturated/α-hetero) is 1. The number of methoxy groups -OCH3 is 1. The topological polar surface area (TPSA) is 115 Å². The van der Waals surface area contributed by atoms with E-state index in [0.717, 1.165) is 0 Å². The zero-order valence-corrected chi connectivity index (χ0v) is 14.2. The molecule has 1 amide bonds. The van der Waals surface area contributed by atoms with E-state index in [9.17, 15) is 19.5 Å². The summed E-state index contributed by atoms with van der Waals surface area (Å²) < 4.78 is 9.93. The van der Waals surface area contributed by atoms with Crippen LogP contribution < -0.4 is 10.1 Å². The van der Waals surface area contributed by atoms with Gasteiger partial charge in [-0.1, -0.05) is 0 Å². The zero-order valence-electron chi connectivity index (χ0n) is 14.2. The van der Waals surface area contributed by atoms with Gasteiger partial charge in [0.25, 0.3) is 0 Å². The van der Waals surface area contributed by atoms with E-state index >= 15 is 0 Å². The lowest BCUT2D eigenvalue weighted by Gasteiger charge is -2.20. The summed E-state index contributed by atoms with van der Waals surface area (Å²) in [5, 5.41) is 11.6. The Bertz CT molecular complexity index is 592. The minimum absolute atomic E-state index is 0.209. The molecule has 1 unspecified atom stereocenters. The van der Waals surface area contributed by atoms with E-state index in [-0.39, 0.29) is 24.3 Å². The maximum Gasteiger partial charge on any atom is 0.407 e. The van der Waals surface area contributed by atoms with Crippen molar-refractivity contribution in [1.82, 2.24) is 10.3 Å². The molecule has 0 aromatic carbocycles. The van der Waals surface area contributed by atoms with E-state index in [2.05, 4.69) is 10.3 Å². The van der Waals surface area contributed by atoms with Crippen LogP contribution in [0.4, 0.5) is 4.79 Å². The predicted octanol–water partition coefficient (Wildman–Crippen LogP) is 1.89. The predicted molar refractivity (Wildman–Crippen MR) is 85.1 cm³/mol. The molecule has 24 heavy (non-hydrogen) atoms. The Morgan fingerprint density at radius 1 is 1.29 bits per heavy atom. The lowest BCUT2D eigenvalue weighted by molar-refractivity contribution is -0.141. The summed E-state index contributed by atoms with van der Waals surface area (Å²) in [6.07, 6.45) is 0.327. The number of carbonyl (C=O) groups excluding carboxylic acids is 2. The van der Waals surface area contributed by atoms with Gasteiger partial charge in [-0.2, -0.15) is 0 Å². The third-order valence-corrected chi connectivity index (χ3v) is 2.94. The van der Waals surface area contributed by atoms with E-state index in [1.165, 1.54) is 25.4 Å². The number of ketones is 1. The van der Waals surface area contributed by atoms with E-state index < -0.39 is 23.6 Å². The quantitative estimate of drug-likeness (QED) is 0.729. The van der Waals surface area contributed by atoms with Crippen LogP contribution >= 0.6 is 0 Å². The Morgan fingerprint density at radius 3 is 2.42 bits per heavy atom. The number of rotatable bonds is 7. The number of alkyl carbamates (subject to hydrolysis) is 1. The van der Waals surface area contributed by atoms with Gasteiger partial charge in [-0.25, -0.2) is 9.78 Å². The number of nitrogens with zero attached hydrogens (tertiary/aromatic N) is 1. The van der Waals surface area contributed by atoms with Crippen molar-refractivity contribution in [1.29, 1.82) is 0 Å². The van der Waals surface area contributed by atoms with Gasteiger partial charge in [0.15, 0.2) is 5.78 Å². The number of hydrogen-bond donors (Lipinski definition) is 2. The third kappa shape index (κ3) is 6.64. The first-order valence-corrected chi connectivity index (χ1v) is 7.35. The third-order valence-electron chi connectivity index (χ3n) is 2.94. The number of aromatic nitrogens is 1. The minimum atomic E-state index is -1.18. The molecule has 1 atom stereocenters. The second kappa shape index (κ2) is 8.28. The molecule has 8 heteroatoms. The molecule has 2 N–H and O–H groups in total. The van der Waals surface area contributed by atoms with Gasteiger partial charge in [0.05, 0.1) is 13.0 Å². The van der Waals surface area contributed by atoms with Crippen molar-refractivity contribution in [3.05, 3.63) is 23.9 Å². The highest BCUT2D eigenvalue weighted by Crippen LogP contribution is 2.13. The highest BCUT2D eigenvalue weighted by atomic mass is 16.6. The number of ether oxygens (including phenoxy) is 2. The van der Waals surface area contributed by atoms with E-state index in [1.54, 1.807) is 20.8 Å². The zero-order chi connectivity index (χ0) is 18.3. The van der Waals surface area contributed by atoms with Crippen LogP contribution in [0.3, 0.4) is 0 Å². The van der Waals surface area contributed by atoms with Crippen molar-refractivity contribution < 1.29 is 29.0 Å². The van der Waals surface area contributed by atoms with Gasteiger partial charge in [-0.05, 0) is 26.8 Å². The highest BCUT2D eigenvalue weighted by molar-refractivity contribution is 5.97. The van der Waals surface area contributed by atoms with Gasteiger partial charge in [0, 0.05) is 30.8 Å². The summed E-state index contributed by atoms with van der Waals surface area (Å²) >= 11 is 0. The molecular formula is C16H22N2O6. The monoisotopic (exact) mass is 338 g/mol. The molecule has 0 fully saturated rings. The van der Waals surface area contributed by atoms with Crippen molar-refractivity contribution in [3.8, 4) is 5.88 Å². The molecule has 0 spiro atoms. The normalized spacial score (nSPS) is 12.2. The summed E-state index contributed by atoms with van der Waals surface area (Å²) in [4.78, 5) is 38.9. The molecule has 1 heterocycles. The fourth-order valence-corrected chi connectivity index (χ4v) is 1.78. The maximum absolute atomic E-state index is 12.1.